The van der Waals surface area contributed by atoms with Crippen LogP contribution >= 0.6 is 0 Å². The summed E-state index contributed by atoms with van der Waals surface area (Å²) in [5, 5.41) is 0. The van der Waals surface area contributed by atoms with Crippen LogP contribution in [0.15, 0.2) is 18.2 Å². The van der Waals surface area contributed by atoms with Gasteiger partial charge in [-0.3, -0.25) is 0 Å². The first-order valence-corrected chi connectivity index (χ1v) is 4.25. The van der Waals surface area contributed by atoms with Gasteiger partial charge in [-0.15, -0.1) is 0 Å². The van der Waals surface area contributed by atoms with Gasteiger partial charge in [0.05, 0.1) is 0 Å². The number of rotatable bonds is 2. The van der Waals surface area contributed by atoms with E-state index in [-0.39, 0.29) is 0 Å². The second-order valence-corrected chi connectivity index (χ2v) is 3.32. The van der Waals surface area contributed by atoms with Crippen molar-refractivity contribution in [2.45, 2.75) is 27.2 Å². The van der Waals surface area contributed by atoms with E-state index in [1.54, 1.807) is 6.08 Å². The van der Waals surface area contributed by atoms with Crippen molar-refractivity contribution in [3.05, 3.63) is 47.0 Å². The van der Waals surface area contributed by atoms with E-state index in [1.165, 1.54) is 22.3 Å². The molecule has 0 nitrogen and oxygen atoms in total. The van der Waals surface area contributed by atoms with Gasteiger partial charge in [0.25, 0.3) is 0 Å². The SMILES string of the molecule is [CH]=CCc1c(C)cc(C)cc1C. The molecule has 63 valence electrons. The number of allylic oxidation sites excluding steroid dienone is 1. The minimum atomic E-state index is 0.873. The minimum Gasteiger partial charge on any atom is -0.0801 e. The molecule has 12 heavy (non-hydrogen) atoms. The van der Waals surface area contributed by atoms with E-state index >= 15 is 0 Å². The predicted octanol–water partition coefficient (Wildman–Crippen LogP) is 3.14. The zero-order valence-electron chi connectivity index (χ0n) is 8.02. The highest BCUT2D eigenvalue weighted by Crippen LogP contribution is 2.16. The highest BCUT2D eigenvalue weighted by atomic mass is 14.1. The van der Waals surface area contributed by atoms with Gasteiger partial charge in [-0.25, -0.2) is 0 Å². The molecule has 0 saturated heterocycles. The monoisotopic (exact) mass is 159 g/mol. The van der Waals surface area contributed by atoms with Crippen LogP contribution in [0.2, 0.25) is 0 Å². The van der Waals surface area contributed by atoms with Crippen molar-refractivity contribution in [3.8, 4) is 0 Å². The third kappa shape index (κ3) is 1.76. The van der Waals surface area contributed by atoms with Crippen molar-refractivity contribution in [3.63, 3.8) is 0 Å². The number of benzene rings is 1. The molecular weight excluding hydrogens is 144 g/mol. The van der Waals surface area contributed by atoms with E-state index in [2.05, 4.69) is 32.9 Å². The fourth-order valence-electron chi connectivity index (χ4n) is 1.65. The van der Waals surface area contributed by atoms with Gasteiger partial charge in [-0.2, -0.15) is 0 Å². The maximum Gasteiger partial charge on any atom is -0.00891 e. The van der Waals surface area contributed by atoms with Crippen LogP contribution in [-0.2, 0) is 6.42 Å². The zero-order chi connectivity index (χ0) is 9.14. The molecule has 0 aliphatic rings. The van der Waals surface area contributed by atoms with E-state index in [0.717, 1.165) is 6.42 Å². The third-order valence-electron chi connectivity index (χ3n) is 2.16. The molecular formula is C12H15. The normalized spacial score (nSPS) is 9.92. The summed E-state index contributed by atoms with van der Waals surface area (Å²) in [6.07, 6.45) is 2.59. The van der Waals surface area contributed by atoms with Crippen LogP contribution in [0.4, 0.5) is 0 Å². The highest BCUT2D eigenvalue weighted by molar-refractivity contribution is 5.38. The van der Waals surface area contributed by atoms with E-state index in [1.807, 2.05) is 0 Å². The van der Waals surface area contributed by atoms with Crippen LogP contribution < -0.4 is 0 Å². The summed E-state index contributed by atoms with van der Waals surface area (Å²) in [6, 6.07) is 4.40. The molecule has 1 aromatic rings. The molecule has 0 heterocycles. The fraction of sp³-hybridized carbons (Fsp3) is 0.333. The van der Waals surface area contributed by atoms with Crippen LogP contribution in [0.25, 0.3) is 0 Å². The molecule has 1 radical (unpaired) electrons. The van der Waals surface area contributed by atoms with Crippen LogP contribution in [-0.4, -0.2) is 0 Å². The van der Waals surface area contributed by atoms with Crippen LogP contribution in [0, 0.1) is 27.4 Å². The Morgan fingerprint density at radius 3 is 2.08 bits per heavy atom. The smallest absolute Gasteiger partial charge is 0.00891 e. The quantitative estimate of drug-likeness (QED) is 0.622. The summed E-state index contributed by atoms with van der Waals surface area (Å²) >= 11 is 0. The van der Waals surface area contributed by atoms with Crippen LogP contribution in [0.1, 0.15) is 22.3 Å². The number of hydrogen-bond donors (Lipinski definition) is 0. The second kappa shape index (κ2) is 3.57. The largest absolute Gasteiger partial charge is 0.0801 e. The van der Waals surface area contributed by atoms with E-state index in [4.69, 9.17) is 6.58 Å². The second-order valence-electron chi connectivity index (χ2n) is 3.32. The molecule has 0 aromatic heterocycles. The van der Waals surface area contributed by atoms with Crippen molar-refractivity contribution in [1.29, 1.82) is 0 Å². The summed E-state index contributed by atoms with van der Waals surface area (Å²) in [5.74, 6) is 0. The van der Waals surface area contributed by atoms with Crippen LogP contribution in [0.3, 0.4) is 0 Å². The summed E-state index contributed by atoms with van der Waals surface area (Å²) < 4.78 is 0. The molecule has 0 aliphatic carbocycles. The lowest BCUT2D eigenvalue weighted by Crippen LogP contribution is -1.92. The number of hydrogen-bond acceptors (Lipinski definition) is 0. The lowest BCUT2D eigenvalue weighted by atomic mass is 9.97. The Balaban J connectivity index is 3.18. The molecule has 0 fully saturated rings. The Hall–Kier alpha value is -1.04. The minimum absolute atomic E-state index is 0.873. The molecule has 0 saturated carbocycles. The lowest BCUT2D eigenvalue weighted by molar-refractivity contribution is 1.15. The van der Waals surface area contributed by atoms with Gasteiger partial charge >= 0.3 is 0 Å². The Morgan fingerprint density at radius 1 is 1.17 bits per heavy atom. The highest BCUT2D eigenvalue weighted by Gasteiger charge is 2.00. The first kappa shape index (κ1) is 9.05. The third-order valence-corrected chi connectivity index (χ3v) is 2.16. The Labute approximate surface area is 74.9 Å². The van der Waals surface area contributed by atoms with E-state index in [0.29, 0.717) is 0 Å². The van der Waals surface area contributed by atoms with E-state index < -0.39 is 0 Å². The fourth-order valence-corrected chi connectivity index (χ4v) is 1.65. The molecule has 0 aliphatic heterocycles. The van der Waals surface area contributed by atoms with Crippen molar-refractivity contribution in [2.24, 2.45) is 0 Å². The Morgan fingerprint density at radius 2 is 1.67 bits per heavy atom. The van der Waals surface area contributed by atoms with Crippen molar-refractivity contribution >= 4 is 0 Å². The van der Waals surface area contributed by atoms with Gasteiger partial charge in [-0.05, 0) is 43.9 Å². The van der Waals surface area contributed by atoms with Crippen molar-refractivity contribution in [2.75, 3.05) is 0 Å². The Bertz CT molecular complexity index is 272. The first-order valence-electron chi connectivity index (χ1n) is 4.25. The average Bonchev–Trinajstić information content (AvgIpc) is 1.96. The van der Waals surface area contributed by atoms with Gasteiger partial charge in [0.1, 0.15) is 0 Å². The molecule has 0 spiro atoms. The first-order chi connectivity index (χ1) is 5.65. The molecule has 0 unspecified atom stereocenters. The van der Waals surface area contributed by atoms with E-state index in [9.17, 15) is 0 Å². The van der Waals surface area contributed by atoms with Crippen LogP contribution in [0.5, 0.6) is 0 Å². The summed E-state index contributed by atoms with van der Waals surface area (Å²) in [5.41, 5.74) is 5.37. The van der Waals surface area contributed by atoms with Gasteiger partial charge in [0, 0.05) is 0 Å². The summed E-state index contributed by atoms with van der Waals surface area (Å²) in [6.45, 7) is 11.8. The standard InChI is InChI=1S/C12H15/c1-5-6-12-10(3)7-9(2)8-11(12)4/h1,5,7-8H,6H2,2-4H3. The molecule has 1 rings (SSSR count). The molecule has 0 atom stereocenters. The Kier molecular flexibility index (Phi) is 2.69. The molecule has 0 bridgehead atoms. The van der Waals surface area contributed by atoms with Gasteiger partial charge in [-0.1, -0.05) is 30.4 Å². The molecule has 1 aromatic carbocycles. The maximum absolute atomic E-state index is 5.41. The van der Waals surface area contributed by atoms with Gasteiger partial charge in [0.15, 0.2) is 0 Å². The maximum atomic E-state index is 5.41. The number of aryl methyl sites for hydroxylation is 3. The zero-order valence-corrected chi connectivity index (χ0v) is 8.02. The topological polar surface area (TPSA) is 0 Å². The lowest BCUT2D eigenvalue weighted by Gasteiger charge is -2.08. The molecule has 0 N–H and O–H groups in total. The average molecular weight is 159 g/mol. The molecule has 0 amide bonds. The van der Waals surface area contributed by atoms with Crippen molar-refractivity contribution in [1.82, 2.24) is 0 Å². The predicted molar refractivity (Wildman–Crippen MR) is 53.2 cm³/mol. The summed E-state index contributed by atoms with van der Waals surface area (Å²) in [7, 11) is 0. The van der Waals surface area contributed by atoms with Crippen molar-refractivity contribution < 1.29 is 0 Å². The molecule has 0 heteroatoms. The summed E-state index contributed by atoms with van der Waals surface area (Å²) in [4.78, 5) is 0. The van der Waals surface area contributed by atoms with Gasteiger partial charge < -0.3 is 0 Å². The van der Waals surface area contributed by atoms with Gasteiger partial charge in [0.2, 0.25) is 0 Å².